The monoisotopic (exact) mass is 929 g/mol. The zero-order valence-electron chi connectivity index (χ0n) is 39.6. The van der Waals surface area contributed by atoms with Gasteiger partial charge < -0.3 is 14.4 Å². The van der Waals surface area contributed by atoms with Crippen LogP contribution in [0.15, 0.2) is 261 Å². The summed E-state index contributed by atoms with van der Waals surface area (Å²) in [5.41, 5.74) is 18.8. The summed E-state index contributed by atoms with van der Waals surface area (Å²) >= 11 is 0. The molecule has 0 N–H and O–H groups in total. The van der Waals surface area contributed by atoms with Gasteiger partial charge >= 0.3 is 0 Å². The van der Waals surface area contributed by atoms with Crippen LogP contribution in [-0.2, 0) is 10.8 Å². The van der Waals surface area contributed by atoms with Crippen LogP contribution in [0.25, 0.3) is 54.9 Å². The number of benzene rings is 12. The molecule has 0 radical (unpaired) electrons. The highest BCUT2D eigenvalue weighted by atomic mass is 16.5. The molecule has 0 saturated carbocycles. The fourth-order valence-electron chi connectivity index (χ4n) is 13.4. The Morgan fingerprint density at radius 1 is 0.247 bits per heavy atom. The third kappa shape index (κ3) is 5.43. The van der Waals surface area contributed by atoms with Crippen LogP contribution >= 0.6 is 0 Å². The third-order valence-corrected chi connectivity index (χ3v) is 16.4. The van der Waals surface area contributed by atoms with E-state index in [4.69, 9.17) is 9.47 Å². The molecule has 2 spiro atoms. The molecule has 0 amide bonds. The van der Waals surface area contributed by atoms with Gasteiger partial charge in [-0.1, -0.05) is 194 Å². The molecule has 12 aromatic carbocycles. The summed E-state index contributed by atoms with van der Waals surface area (Å²) in [6, 6.07) is 95.8. The van der Waals surface area contributed by atoms with Gasteiger partial charge in [-0.15, -0.1) is 0 Å². The van der Waals surface area contributed by atoms with Crippen molar-refractivity contribution in [2.75, 3.05) is 4.90 Å². The van der Waals surface area contributed by atoms with Crippen molar-refractivity contribution in [1.29, 1.82) is 0 Å². The molecule has 73 heavy (non-hydrogen) atoms. The lowest BCUT2D eigenvalue weighted by atomic mass is 9.66. The number of rotatable bonds is 4. The molecule has 0 aromatic heterocycles. The first kappa shape index (κ1) is 40.3. The highest BCUT2D eigenvalue weighted by Gasteiger charge is 2.53. The second-order valence-corrected chi connectivity index (χ2v) is 19.8. The van der Waals surface area contributed by atoms with Crippen LogP contribution in [0.4, 0.5) is 17.1 Å². The van der Waals surface area contributed by atoms with Crippen LogP contribution in [0.1, 0.15) is 44.5 Å². The van der Waals surface area contributed by atoms with Crippen LogP contribution in [0.3, 0.4) is 0 Å². The summed E-state index contributed by atoms with van der Waals surface area (Å²) in [6.07, 6.45) is 0. The standard InChI is InChI=1S/C70H43NO2/c1-2-16-51-45(15-1)29-30-47-41-46(33-38-52(47)51)44-31-34-48(35-32-44)71(49-36-39-55-53-17-3-5-19-57(53)69(63(55)42-49)59-21-7-11-25-65(59)72-66-26-12-8-22-60(66)69)50-37-40-56-54-18-4-6-20-58(54)70(64(56)43-50)61-23-9-13-27-67(61)73-68-28-14-10-24-62(68)70/h1-43H. The predicted molar refractivity (Wildman–Crippen MR) is 296 cm³/mol. The maximum atomic E-state index is 6.76. The van der Waals surface area contributed by atoms with Crippen LogP contribution < -0.4 is 14.4 Å². The molecular weight excluding hydrogens is 887 g/mol. The zero-order chi connectivity index (χ0) is 47.8. The summed E-state index contributed by atoms with van der Waals surface area (Å²) < 4.78 is 13.5. The van der Waals surface area contributed by atoms with Crippen LogP contribution in [0.2, 0.25) is 0 Å². The third-order valence-electron chi connectivity index (χ3n) is 16.4. The van der Waals surface area contributed by atoms with E-state index in [1.54, 1.807) is 0 Å². The smallest absolute Gasteiger partial charge is 0.132 e. The number of para-hydroxylation sites is 4. The van der Waals surface area contributed by atoms with Crippen molar-refractivity contribution in [3.63, 3.8) is 0 Å². The first-order chi connectivity index (χ1) is 36.2. The van der Waals surface area contributed by atoms with Crippen molar-refractivity contribution >= 4 is 38.6 Å². The van der Waals surface area contributed by atoms with E-state index >= 15 is 0 Å². The lowest BCUT2D eigenvalue weighted by molar-refractivity contribution is 0.436. The lowest BCUT2D eigenvalue weighted by Gasteiger charge is -2.40. The number of nitrogens with zero attached hydrogens (tertiary/aromatic N) is 1. The van der Waals surface area contributed by atoms with Crippen molar-refractivity contribution < 1.29 is 9.47 Å². The maximum absolute atomic E-state index is 6.76. The molecule has 2 aliphatic carbocycles. The minimum atomic E-state index is -0.622. The molecule has 12 aromatic rings. The molecule has 4 aliphatic rings. The predicted octanol–water partition coefficient (Wildman–Crippen LogP) is 18.1. The van der Waals surface area contributed by atoms with Gasteiger partial charge in [-0.2, -0.15) is 0 Å². The van der Waals surface area contributed by atoms with Gasteiger partial charge in [0.2, 0.25) is 0 Å². The van der Waals surface area contributed by atoms with Gasteiger partial charge in [0.1, 0.15) is 23.0 Å². The lowest BCUT2D eigenvalue weighted by Crippen LogP contribution is -2.32. The van der Waals surface area contributed by atoms with E-state index in [0.29, 0.717) is 0 Å². The summed E-state index contributed by atoms with van der Waals surface area (Å²) in [7, 11) is 0. The largest absolute Gasteiger partial charge is 0.457 e. The number of anilines is 3. The Morgan fingerprint density at radius 3 is 1.15 bits per heavy atom. The minimum Gasteiger partial charge on any atom is -0.457 e. The average Bonchev–Trinajstić information content (AvgIpc) is 3.90. The van der Waals surface area contributed by atoms with Crippen molar-refractivity contribution in [2.24, 2.45) is 0 Å². The molecule has 3 nitrogen and oxygen atoms in total. The van der Waals surface area contributed by atoms with Crippen molar-refractivity contribution in [3.05, 3.63) is 305 Å². The first-order valence-electron chi connectivity index (χ1n) is 25.2. The Kier molecular flexibility index (Phi) is 8.30. The van der Waals surface area contributed by atoms with Gasteiger partial charge in [0.15, 0.2) is 0 Å². The second kappa shape index (κ2) is 15.0. The molecule has 0 bridgehead atoms. The van der Waals surface area contributed by atoms with Crippen LogP contribution in [0, 0.1) is 0 Å². The second-order valence-electron chi connectivity index (χ2n) is 19.8. The molecule has 0 saturated heterocycles. The van der Waals surface area contributed by atoms with Gasteiger partial charge in [-0.3, -0.25) is 0 Å². The quantitative estimate of drug-likeness (QED) is 0.164. The highest BCUT2D eigenvalue weighted by molar-refractivity contribution is 6.08. The number of hydrogen-bond donors (Lipinski definition) is 0. The summed E-state index contributed by atoms with van der Waals surface area (Å²) in [5.74, 6) is 3.52. The SMILES string of the molecule is c1ccc2c(c1)Oc1ccccc1C21c2ccccc2-c2ccc(N(c3ccc(-c4ccc5c(ccc6ccccc65)c4)cc3)c3ccc4c(c3)C3(c5ccccc5Oc5ccccc53)c3ccccc3-4)cc21. The Balaban J connectivity index is 0.936. The van der Waals surface area contributed by atoms with Crippen molar-refractivity contribution in [2.45, 2.75) is 10.8 Å². The Morgan fingerprint density at radius 2 is 0.630 bits per heavy atom. The Labute approximate surface area is 423 Å². The Bertz CT molecular complexity index is 4010. The highest BCUT2D eigenvalue weighted by Crippen LogP contribution is 2.65. The zero-order valence-corrected chi connectivity index (χ0v) is 39.6. The molecule has 340 valence electrons. The average molecular weight is 930 g/mol. The van der Waals surface area contributed by atoms with Crippen LogP contribution in [-0.4, -0.2) is 0 Å². The van der Waals surface area contributed by atoms with Crippen molar-refractivity contribution in [1.82, 2.24) is 0 Å². The van der Waals surface area contributed by atoms with Crippen LogP contribution in [0.5, 0.6) is 23.0 Å². The van der Waals surface area contributed by atoms with E-state index in [-0.39, 0.29) is 0 Å². The first-order valence-corrected chi connectivity index (χ1v) is 25.2. The van der Waals surface area contributed by atoms with E-state index < -0.39 is 10.8 Å². The molecule has 0 fully saturated rings. The van der Waals surface area contributed by atoms with E-state index in [2.05, 4.69) is 266 Å². The molecule has 3 heteroatoms. The molecule has 2 heterocycles. The summed E-state index contributed by atoms with van der Waals surface area (Å²) in [5, 5.41) is 5.03. The number of fused-ring (bicyclic) bond motifs is 21. The summed E-state index contributed by atoms with van der Waals surface area (Å²) in [6.45, 7) is 0. The fourth-order valence-corrected chi connectivity index (χ4v) is 13.4. The van der Waals surface area contributed by atoms with E-state index in [1.807, 2.05) is 0 Å². The topological polar surface area (TPSA) is 21.7 Å². The Hall–Kier alpha value is -9.44. The van der Waals surface area contributed by atoms with Gasteiger partial charge in [0, 0.05) is 39.3 Å². The van der Waals surface area contributed by atoms with E-state index in [0.717, 1.165) is 67.9 Å². The maximum Gasteiger partial charge on any atom is 0.132 e. The molecular formula is C70H43NO2. The minimum absolute atomic E-state index is 0.622. The normalized spacial score (nSPS) is 14.2. The fraction of sp³-hybridized carbons (Fsp3) is 0.0286. The van der Waals surface area contributed by atoms with E-state index in [1.165, 1.54) is 71.6 Å². The number of ether oxygens (including phenoxy) is 2. The van der Waals surface area contributed by atoms with Gasteiger partial charge in [0.05, 0.1) is 10.8 Å². The van der Waals surface area contributed by atoms with Gasteiger partial charge in [-0.25, -0.2) is 0 Å². The van der Waals surface area contributed by atoms with Gasteiger partial charge in [0.25, 0.3) is 0 Å². The van der Waals surface area contributed by atoms with E-state index in [9.17, 15) is 0 Å². The number of hydrogen-bond acceptors (Lipinski definition) is 3. The summed E-state index contributed by atoms with van der Waals surface area (Å²) in [4.78, 5) is 2.47. The molecule has 16 rings (SSSR count). The van der Waals surface area contributed by atoms with Crippen molar-refractivity contribution in [3.8, 4) is 56.4 Å². The molecule has 0 atom stereocenters. The molecule has 2 aliphatic heterocycles. The molecule has 0 unspecified atom stereocenters. The van der Waals surface area contributed by atoms with Gasteiger partial charge in [-0.05, 0) is 144 Å².